The van der Waals surface area contributed by atoms with Gasteiger partial charge in [-0.25, -0.2) is 4.98 Å². The molecule has 5 heteroatoms. The topological polar surface area (TPSA) is 50.4 Å². The van der Waals surface area contributed by atoms with Crippen LogP contribution in [0, 0.1) is 6.92 Å². The normalized spacial score (nSPS) is 12.8. The summed E-state index contributed by atoms with van der Waals surface area (Å²) in [6, 6.07) is 5.64. The SMILES string of the molecule is Cc1cc(Cl)cn2c(C(C)O)c(-c3cccnc3)nc12. The first-order valence-electron chi connectivity index (χ1n) is 6.34. The number of hydrogen-bond donors (Lipinski definition) is 1. The molecule has 102 valence electrons. The highest BCUT2D eigenvalue weighted by molar-refractivity contribution is 6.30. The highest BCUT2D eigenvalue weighted by Gasteiger charge is 2.19. The minimum absolute atomic E-state index is 0.618. The molecule has 0 bridgehead atoms. The van der Waals surface area contributed by atoms with Crippen LogP contribution in [0.2, 0.25) is 5.02 Å². The van der Waals surface area contributed by atoms with Gasteiger partial charge in [0, 0.05) is 24.2 Å². The molecule has 3 heterocycles. The Kier molecular flexibility index (Phi) is 3.20. The second-order valence-electron chi connectivity index (χ2n) is 4.80. The standard InChI is InChI=1S/C15H14ClN3O/c1-9-6-12(16)8-19-14(10(2)20)13(18-15(9)19)11-4-3-5-17-7-11/h3-8,10,20H,1-2H3. The van der Waals surface area contributed by atoms with Crippen LogP contribution < -0.4 is 0 Å². The summed E-state index contributed by atoms with van der Waals surface area (Å²) in [5.74, 6) is 0. The third kappa shape index (κ3) is 2.07. The van der Waals surface area contributed by atoms with E-state index in [-0.39, 0.29) is 0 Å². The molecule has 1 unspecified atom stereocenters. The van der Waals surface area contributed by atoms with E-state index in [1.54, 1.807) is 25.5 Å². The fourth-order valence-corrected chi connectivity index (χ4v) is 2.66. The maximum absolute atomic E-state index is 10.1. The molecule has 1 N–H and O–H groups in total. The zero-order chi connectivity index (χ0) is 14.3. The predicted octanol–water partition coefficient (Wildman–Crippen LogP) is 3.41. The van der Waals surface area contributed by atoms with Gasteiger partial charge >= 0.3 is 0 Å². The van der Waals surface area contributed by atoms with Crippen molar-refractivity contribution in [3.63, 3.8) is 0 Å². The van der Waals surface area contributed by atoms with Gasteiger partial charge in [0.05, 0.1) is 22.5 Å². The van der Waals surface area contributed by atoms with Crippen LogP contribution in [0.15, 0.2) is 36.8 Å². The number of aryl methyl sites for hydroxylation is 1. The number of aliphatic hydroxyl groups excluding tert-OH is 1. The quantitative estimate of drug-likeness (QED) is 0.786. The van der Waals surface area contributed by atoms with Crippen molar-refractivity contribution in [3.05, 3.63) is 53.1 Å². The van der Waals surface area contributed by atoms with Crippen molar-refractivity contribution in [2.45, 2.75) is 20.0 Å². The first kappa shape index (κ1) is 13.1. The van der Waals surface area contributed by atoms with E-state index in [0.29, 0.717) is 5.02 Å². The Morgan fingerprint density at radius 2 is 2.20 bits per heavy atom. The van der Waals surface area contributed by atoms with Crippen LogP contribution in [0.3, 0.4) is 0 Å². The largest absolute Gasteiger partial charge is 0.387 e. The van der Waals surface area contributed by atoms with Crippen LogP contribution in [0.25, 0.3) is 16.9 Å². The number of fused-ring (bicyclic) bond motifs is 1. The van der Waals surface area contributed by atoms with Gasteiger partial charge < -0.3 is 5.11 Å². The van der Waals surface area contributed by atoms with Crippen molar-refractivity contribution in [2.24, 2.45) is 0 Å². The van der Waals surface area contributed by atoms with Gasteiger partial charge in [0.2, 0.25) is 0 Å². The minimum Gasteiger partial charge on any atom is -0.387 e. The monoisotopic (exact) mass is 287 g/mol. The Bertz CT molecular complexity index is 766. The highest BCUT2D eigenvalue weighted by Crippen LogP contribution is 2.30. The van der Waals surface area contributed by atoms with Crippen LogP contribution in [0.1, 0.15) is 24.3 Å². The van der Waals surface area contributed by atoms with E-state index in [1.165, 1.54) is 0 Å². The molecule has 0 aliphatic rings. The first-order valence-corrected chi connectivity index (χ1v) is 6.72. The number of aromatic nitrogens is 3. The van der Waals surface area contributed by atoms with Crippen LogP contribution in [0.4, 0.5) is 0 Å². The average Bonchev–Trinajstić information content (AvgIpc) is 2.79. The molecule has 0 aromatic carbocycles. The summed E-state index contributed by atoms with van der Waals surface area (Å²) in [7, 11) is 0. The molecule has 0 aliphatic carbocycles. The number of pyridine rings is 2. The lowest BCUT2D eigenvalue weighted by Crippen LogP contribution is -2.00. The summed E-state index contributed by atoms with van der Waals surface area (Å²) in [5.41, 5.74) is 4.10. The Balaban J connectivity index is 2.38. The molecule has 0 fully saturated rings. The molecule has 3 aromatic rings. The van der Waals surface area contributed by atoms with E-state index in [0.717, 1.165) is 28.2 Å². The molecule has 4 nitrogen and oxygen atoms in total. The summed E-state index contributed by atoms with van der Waals surface area (Å²) in [6.07, 6.45) is 4.57. The number of imidazole rings is 1. The van der Waals surface area contributed by atoms with E-state index in [2.05, 4.69) is 9.97 Å². The third-order valence-corrected chi connectivity index (χ3v) is 3.44. The molecular weight excluding hydrogens is 274 g/mol. The summed E-state index contributed by atoms with van der Waals surface area (Å²) >= 11 is 6.11. The van der Waals surface area contributed by atoms with Gasteiger partial charge in [-0.3, -0.25) is 9.38 Å². The van der Waals surface area contributed by atoms with Crippen LogP contribution >= 0.6 is 11.6 Å². The summed E-state index contributed by atoms with van der Waals surface area (Å²) in [6.45, 7) is 3.67. The highest BCUT2D eigenvalue weighted by atomic mass is 35.5. The fraction of sp³-hybridized carbons (Fsp3) is 0.200. The molecule has 1 atom stereocenters. The van der Waals surface area contributed by atoms with Gasteiger partial charge in [0.1, 0.15) is 5.65 Å². The first-order chi connectivity index (χ1) is 9.58. The zero-order valence-corrected chi connectivity index (χ0v) is 12.0. The predicted molar refractivity (Wildman–Crippen MR) is 78.8 cm³/mol. The Morgan fingerprint density at radius 3 is 2.85 bits per heavy atom. The van der Waals surface area contributed by atoms with E-state index >= 15 is 0 Å². The van der Waals surface area contributed by atoms with Gasteiger partial charge in [-0.1, -0.05) is 11.6 Å². The molecule has 0 spiro atoms. The number of nitrogens with zero attached hydrogens (tertiary/aromatic N) is 3. The van der Waals surface area contributed by atoms with Crippen molar-refractivity contribution in [1.29, 1.82) is 0 Å². The molecule has 0 radical (unpaired) electrons. The number of aliphatic hydroxyl groups is 1. The Hall–Kier alpha value is -1.91. The lowest BCUT2D eigenvalue weighted by Gasteiger charge is -2.08. The van der Waals surface area contributed by atoms with Crippen molar-refractivity contribution in [1.82, 2.24) is 14.4 Å². The summed E-state index contributed by atoms with van der Waals surface area (Å²) in [5, 5.41) is 10.7. The van der Waals surface area contributed by atoms with Gasteiger partial charge in [-0.2, -0.15) is 0 Å². The lowest BCUT2D eigenvalue weighted by atomic mass is 10.1. The maximum Gasteiger partial charge on any atom is 0.140 e. The minimum atomic E-state index is -0.655. The molecule has 3 aromatic heterocycles. The maximum atomic E-state index is 10.1. The molecular formula is C15H14ClN3O. The van der Waals surface area contributed by atoms with Crippen LogP contribution in [-0.4, -0.2) is 19.5 Å². The van der Waals surface area contributed by atoms with Crippen LogP contribution in [0.5, 0.6) is 0 Å². The van der Waals surface area contributed by atoms with E-state index in [1.807, 2.05) is 29.5 Å². The average molecular weight is 288 g/mol. The summed E-state index contributed by atoms with van der Waals surface area (Å²) < 4.78 is 1.85. The molecule has 20 heavy (non-hydrogen) atoms. The van der Waals surface area contributed by atoms with Crippen molar-refractivity contribution < 1.29 is 5.11 Å². The van der Waals surface area contributed by atoms with Gasteiger partial charge in [-0.05, 0) is 37.6 Å². The zero-order valence-electron chi connectivity index (χ0n) is 11.2. The number of rotatable bonds is 2. The number of hydrogen-bond acceptors (Lipinski definition) is 3. The second kappa shape index (κ2) is 4.89. The molecule has 3 rings (SSSR count). The van der Waals surface area contributed by atoms with Crippen molar-refractivity contribution in [3.8, 4) is 11.3 Å². The van der Waals surface area contributed by atoms with E-state index in [4.69, 9.17) is 11.6 Å². The van der Waals surface area contributed by atoms with Gasteiger partial charge in [0.15, 0.2) is 0 Å². The Morgan fingerprint density at radius 1 is 1.40 bits per heavy atom. The molecule has 0 saturated carbocycles. The van der Waals surface area contributed by atoms with Gasteiger partial charge in [0.25, 0.3) is 0 Å². The third-order valence-electron chi connectivity index (χ3n) is 3.24. The molecule has 0 aliphatic heterocycles. The van der Waals surface area contributed by atoms with Crippen molar-refractivity contribution in [2.75, 3.05) is 0 Å². The molecule has 0 amide bonds. The van der Waals surface area contributed by atoms with E-state index < -0.39 is 6.10 Å². The Labute approximate surface area is 121 Å². The second-order valence-corrected chi connectivity index (χ2v) is 5.23. The smallest absolute Gasteiger partial charge is 0.140 e. The fourth-order valence-electron chi connectivity index (χ4n) is 2.40. The van der Waals surface area contributed by atoms with Crippen LogP contribution in [-0.2, 0) is 0 Å². The molecule has 0 saturated heterocycles. The van der Waals surface area contributed by atoms with Crippen molar-refractivity contribution >= 4 is 17.2 Å². The van der Waals surface area contributed by atoms with E-state index in [9.17, 15) is 5.11 Å². The number of halogens is 1. The lowest BCUT2D eigenvalue weighted by molar-refractivity contribution is 0.194. The summed E-state index contributed by atoms with van der Waals surface area (Å²) in [4.78, 5) is 8.76. The van der Waals surface area contributed by atoms with Gasteiger partial charge in [-0.15, -0.1) is 0 Å².